The average molecular weight is 429 g/mol. The highest BCUT2D eigenvalue weighted by atomic mass is 32.5. The minimum absolute atomic E-state index is 0.606. The van der Waals surface area contributed by atoms with Crippen LogP contribution in [0.1, 0.15) is 0 Å². The molecule has 0 bridgehead atoms. The molecule has 0 saturated carbocycles. The van der Waals surface area contributed by atoms with Gasteiger partial charge in [-0.2, -0.15) is 10.7 Å². The minimum Gasteiger partial charge on any atom is -0.437 e. The Morgan fingerprint density at radius 2 is 1.17 bits per heavy atom. The van der Waals surface area contributed by atoms with Crippen LogP contribution in [0.2, 0.25) is 0 Å². The van der Waals surface area contributed by atoms with Crippen molar-refractivity contribution in [3.63, 3.8) is 0 Å². The molecule has 0 N–H and O–H groups in total. The molecule has 8 nitrogen and oxygen atoms in total. The Kier molecular flexibility index (Phi) is 9.70. The molecule has 1 unspecified atom stereocenters. The van der Waals surface area contributed by atoms with E-state index in [0.29, 0.717) is 0 Å². The molecule has 18 heavy (non-hydrogen) atoms. The fourth-order valence-corrected chi connectivity index (χ4v) is 45.2. The molecule has 0 amide bonds. The van der Waals surface area contributed by atoms with Gasteiger partial charge in [0.15, 0.2) is 0 Å². The van der Waals surface area contributed by atoms with Crippen LogP contribution in [0.15, 0.2) is 0 Å². The zero-order valence-electron chi connectivity index (χ0n) is 9.78. The van der Waals surface area contributed by atoms with Gasteiger partial charge >= 0.3 is 8.80 Å². The van der Waals surface area contributed by atoms with Gasteiger partial charge in [-0.15, -0.1) is 0 Å². The lowest BCUT2D eigenvalue weighted by atomic mass is 15.7. The van der Waals surface area contributed by atoms with E-state index in [1.165, 1.54) is 0 Å². The van der Waals surface area contributed by atoms with Gasteiger partial charge in [0.2, 0.25) is 8.91 Å². The normalized spacial score (nSPS) is 42.7. The Balaban J connectivity index is 1.76. The Morgan fingerprint density at radius 1 is 0.611 bits per heavy atom. The molecule has 0 aromatic heterocycles. The topological polar surface area (TPSA) is 73.8 Å². The van der Waals surface area contributed by atoms with Crippen LogP contribution in [0.25, 0.3) is 0 Å². The van der Waals surface area contributed by atoms with E-state index in [0.717, 1.165) is 0 Å². The largest absolute Gasteiger partial charge is 0.437 e. The van der Waals surface area contributed by atoms with Gasteiger partial charge in [0.05, 0.1) is 0 Å². The fourth-order valence-electron chi connectivity index (χ4n) is 1.22. The van der Waals surface area contributed by atoms with Crippen molar-refractivity contribution in [2.75, 3.05) is 0 Å². The lowest BCUT2D eigenvalue weighted by Crippen LogP contribution is -2.48. The third-order valence-corrected chi connectivity index (χ3v) is 37.2. The van der Waals surface area contributed by atoms with E-state index in [9.17, 15) is 0 Å². The van der Waals surface area contributed by atoms with Crippen molar-refractivity contribution in [1.29, 1.82) is 0 Å². The highest BCUT2D eigenvalue weighted by Gasteiger charge is 2.32. The van der Waals surface area contributed by atoms with Gasteiger partial charge < -0.3 is 32.9 Å². The van der Waals surface area contributed by atoms with Gasteiger partial charge in [-0.3, -0.25) is 0 Å². The maximum Gasteiger partial charge on any atom is 0.323 e. The van der Waals surface area contributed by atoms with Crippen LogP contribution >= 0.6 is 10.7 Å². The molecule has 2 saturated heterocycles. The molecule has 0 spiro atoms. The molecule has 2 fully saturated rings. The first-order valence-corrected chi connectivity index (χ1v) is 21.1. The summed E-state index contributed by atoms with van der Waals surface area (Å²) in [5.41, 5.74) is 0. The molecule has 1 atom stereocenters. The van der Waals surface area contributed by atoms with Crippen LogP contribution in [0.3, 0.4) is 0 Å². The molecule has 0 aromatic rings. The average Bonchev–Trinajstić information content (AvgIpc) is 2.40. The first-order chi connectivity index (χ1) is 8.97. The van der Waals surface area contributed by atoms with Crippen molar-refractivity contribution in [3.05, 3.63) is 0 Å². The zero-order chi connectivity index (χ0) is 12.5. The summed E-state index contributed by atoms with van der Waals surface area (Å²) in [6.07, 6.45) is 0. The summed E-state index contributed by atoms with van der Waals surface area (Å²) < 4.78 is 44.7. The lowest BCUT2D eigenvalue weighted by molar-refractivity contribution is 0.332. The van der Waals surface area contributed by atoms with Crippen molar-refractivity contribution >= 4 is 96.1 Å². The molecule has 0 radical (unpaired) electrons. The van der Waals surface area contributed by atoms with Gasteiger partial charge in [-0.05, 0) is 0 Å². The Hall–Kier alpha value is 1.98. The van der Waals surface area contributed by atoms with Gasteiger partial charge in [0.1, 0.15) is 0 Å². The quantitative estimate of drug-likeness (QED) is 0.379. The predicted molar refractivity (Wildman–Crippen MR) is 90.4 cm³/mol. The number of hydrogen-bond donors (Lipinski definition) is 0. The highest BCUT2D eigenvalue weighted by molar-refractivity contribution is 8.45. The molecule has 2 rings (SSSR count). The van der Waals surface area contributed by atoms with Crippen molar-refractivity contribution in [2.24, 2.45) is 0 Å². The van der Waals surface area contributed by atoms with E-state index < -0.39 is 85.5 Å². The first-order valence-electron chi connectivity index (χ1n) is 5.32. The molecule has 18 heteroatoms. The Labute approximate surface area is 128 Å². The summed E-state index contributed by atoms with van der Waals surface area (Å²) in [7, 11) is -6.72. The van der Waals surface area contributed by atoms with Crippen LogP contribution < -0.4 is 0 Å². The molecule has 0 aliphatic carbocycles. The number of rotatable bonds is 1. The van der Waals surface area contributed by atoms with Crippen LogP contribution in [-0.4, -0.2) is 85.5 Å². The van der Waals surface area contributed by atoms with Crippen molar-refractivity contribution in [2.45, 2.75) is 0 Å². The predicted octanol–water partition coefficient (Wildman–Crippen LogP) is -7.61. The molecule has 106 valence electrons. The Morgan fingerprint density at radius 3 is 1.94 bits per heavy atom. The summed E-state index contributed by atoms with van der Waals surface area (Å²) in [6, 6.07) is 0. The third-order valence-electron chi connectivity index (χ3n) is 1.98. The second-order valence-corrected chi connectivity index (χ2v) is 29.9. The van der Waals surface area contributed by atoms with Gasteiger partial charge in [0.25, 0.3) is 67.7 Å². The molecule has 2 heterocycles. The lowest BCUT2D eigenvalue weighted by Gasteiger charge is -2.28. The van der Waals surface area contributed by atoms with E-state index in [2.05, 4.69) is 0 Å². The summed E-state index contributed by atoms with van der Waals surface area (Å²) in [4.78, 5) is 0. The monoisotopic (exact) mass is 428 g/mol. The summed E-state index contributed by atoms with van der Waals surface area (Å²) in [5.74, 6) is 0. The van der Waals surface area contributed by atoms with E-state index in [1.54, 1.807) is 0 Å². The summed E-state index contributed by atoms with van der Waals surface area (Å²) >= 11 is 0. The van der Waals surface area contributed by atoms with Crippen molar-refractivity contribution in [3.8, 4) is 0 Å². The van der Waals surface area contributed by atoms with E-state index in [1.807, 2.05) is 10.7 Å². The van der Waals surface area contributed by atoms with Crippen molar-refractivity contribution < 1.29 is 32.9 Å². The SMILES string of the molecule is O1[SiH2]O[SiH2]O[SiH2]S[SiH]([SiH]2O[SiH2]O[SiH2]O2)O[SiH2]O[SiH2]1. The standard InChI is InChI=1S/H16O8SSi9/c1-10-2-12-5-16-9-18(8-15-3-11-1)17-6-13-4-14-7-17/h17-18H,10-16H2. The highest BCUT2D eigenvalue weighted by Crippen LogP contribution is 2.13. The Bertz CT molecular complexity index is 201. The van der Waals surface area contributed by atoms with E-state index >= 15 is 0 Å². The molecule has 2 aliphatic heterocycles. The fraction of sp³-hybridized carbons (Fsp3) is 0. The van der Waals surface area contributed by atoms with Crippen LogP contribution in [0.4, 0.5) is 0 Å². The second-order valence-electron chi connectivity index (χ2n) is 3.25. The summed E-state index contributed by atoms with van der Waals surface area (Å²) in [6.45, 7) is 0. The first kappa shape index (κ1) is 16.4. The maximum atomic E-state index is 5.97. The number of hydrogen-bond acceptors (Lipinski definition) is 9. The van der Waals surface area contributed by atoms with Gasteiger partial charge in [-0.25, -0.2) is 0 Å². The minimum atomic E-state index is -1.57. The van der Waals surface area contributed by atoms with Gasteiger partial charge in [-0.1, -0.05) is 0 Å². The molecular weight excluding hydrogens is 413 g/mol. The smallest absolute Gasteiger partial charge is 0.323 e. The van der Waals surface area contributed by atoms with Crippen LogP contribution in [-0.2, 0) is 32.9 Å². The van der Waals surface area contributed by atoms with Crippen LogP contribution in [0.5, 0.6) is 0 Å². The molecule has 2 aliphatic rings. The second kappa shape index (κ2) is 10.7. The van der Waals surface area contributed by atoms with Crippen molar-refractivity contribution in [1.82, 2.24) is 0 Å². The van der Waals surface area contributed by atoms with E-state index in [-0.39, 0.29) is 0 Å². The maximum absolute atomic E-state index is 5.97. The molecule has 0 aromatic carbocycles. The van der Waals surface area contributed by atoms with E-state index in [4.69, 9.17) is 32.9 Å². The van der Waals surface area contributed by atoms with Crippen LogP contribution in [0, 0.1) is 0 Å². The zero-order valence-corrected chi connectivity index (χ0v) is 22.8. The third kappa shape index (κ3) is 6.62. The van der Waals surface area contributed by atoms with Gasteiger partial charge in [0, 0.05) is 0 Å². The summed E-state index contributed by atoms with van der Waals surface area (Å²) in [5, 5.41) is 0. The molecular formula is H16O8SSi9.